The lowest BCUT2D eigenvalue weighted by atomic mass is 9.83. The number of nitrogens with zero attached hydrogens (tertiary/aromatic N) is 6. The van der Waals surface area contributed by atoms with Crippen molar-refractivity contribution in [2.24, 2.45) is 5.92 Å². The molecule has 1 saturated carbocycles. The third-order valence-electron chi connectivity index (χ3n) is 7.09. The van der Waals surface area contributed by atoms with Gasteiger partial charge in [-0.05, 0) is 54.7 Å². The molecule has 0 bridgehead atoms. The zero-order valence-electron chi connectivity index (χ0n) is 19.6. The Labute approximate surface area is 201 Å². The van der Waals surface area contributed by atoms with E-state index in [1.54, 1.807) is 17.1 Å². The monoisotopic (exact) mass is 459 g/mol. The number of rotatable bonds is 7. The summed E-state index contributed by atoms with van der Waals surface area (Å²) < 4.78 is 1.69. The highest BCUT2D eigenvalue weighted by Gasteiger charge is 2.29. The highest BCUT2D eigenvalue weighted by Crippen LogP contribution is 2.26. The minimum absolute atomic E-state index is 0.0291. The molecule has 178 valence electrons. The number of hydrogen-bond acceptors (Lipinski definition) is 6. The van der Waals surface area contributed by atoms with Crippen molar-refractivity contribution in [2.45, 2.75) is 38.3 Å². The predicted molar refractivity (Wildman–Crippen MR) is 131 cm³/mol. The van der Waals surface area contributed by atoms with E-state index in [1.807, 2.05) is 36.8 Å². The molecule has 1 aliphatic heterocycles. The molecule has 5 rings (SSSR count). The quantitative estimate of drug-likeness (QED) is 0.585. The van der Waals surface area contributed by atoms with Gasteiger partial charge < -0.3 is 10.2 Å². The van der Waals surface area contributed by atoms with Crippen LogP contribution in [0.1, 0.15) is 41.6 Å². The Morgan fingerprint density at radius 3 is 2.50 bits per heavy atom. The summed E-state index contributed by atoms with van der Waals surface area (Å²) in [5.41, 5.74) is 1.93. The van der Waals surface area contributed by atoms with Crippen molar-refractivity contribution in [3.05, 3.63) is 72.4 Å². The molecule has 0 spiro atoms. The van der Waals surface area contributed by atoms with Crippen LogP contribution in [0.4, 0.5) is 0 Å². The summed E-state index contributed by atoms with van der Waals surface area (Å²) in [6, 6.07) is 9.95. The highest BCUT2D eigenvalue weighted by atomic mass is 16.1. The van der Waals surface area contributed by atoms with Gasteiger partial charge in [0.1, 0.15) is 0 Å². The zero-order valence-corrected chi connectivity index (χ0v) is 19.6. The van der Waals surface area contributed by atoms with Gasteiger partial charge in [-0.2, -0.15) is 5.10 Å². The molecule has 34 heavy (non-hydrogen) atoms. The van der Waals surface area contributed by atoms with Crippen molar-refractivity contribution in [3.8, 4) is 5.82 Å². The Morgan fingerprint density at radius 2 is 1.76 bits per heavy atom. The average Bonchev–Trinajstić information content (AvgIpc) is 3.42. The van der Waals surface area contributed by atoms with E-state index in [0.717, 1.165) is 45.7 Å². The third-order valence-corrected chi connectivity index (χ3v) is 7.09. The molecule has 2 aliphatic rings. The van der Waals surface area contributed by atoms with E-state index < -0.39 is 0 Å². The van der Waals surface area contributed by atoms with E-state index >= 15 is 0 Å². The molecular formula is C26H33N7O. The van der Waals surface area contributed by atoms with Gasteiger partial charge in [-0.25, -0.2) is 9.67 Å². The van der Waals surface area contributed by atoms with Crippen molar-refractivity contribution in [1.29, 1.82) is 0 Å². The average molecular weight is 460 g/mol. The first-order valence-corrected chi connectivity index (χ1v) is 12.4. The highest BCUT2D eigenvalue weighted by molar-refractivity contribution is 5.94. The Bertz CT molecular complexity index is 1030. The number of aromatic nitrogens is 4. The molecule has 0 unspecified atom stereocenters. The molecule has 2 fully saturated rings. The molecule has 1 aliphatic carbocycles. The Morgan fingerprint density at radius 1 is 0.971 bits per heavy atom. The van der Waals surface area contributed by atoms with Gasteiger partial charge in [0.05, 0.1) is 5.56 Å². The van der Waals surface area contributed by atoms with E-state index in [1.165, 1.54) is 24.8 Å². The maximum atomic E-state index is 13.0. The van der Waals surface area contributed by atoms with Crippen molar-refractivity contribution in [1.82, 2.24) is 34.9 Å². The molecule has 8 heteroatoms. The van der Waals surface area contributed by atoms with Crippen LogP contribution in [0.5, 0.6) is 0 Å². The van der Waals surface area contributed by atoms with Gasteiger partial charge in [0.25, 0.3) is 5.91 Å². The Balaban J connectivity index is 1.13. The number of piperazine rings is 1. The van der Waals surface area contributed by atoms with Crippen LogP contribution in [0, 0.1) is 5.92 Å². The van der Waals surface area contributed by atoms with E-state index in [9.17, 15) is 4.79 Å². The number of carbonyl (C=O) groups is 1. The smallest absolute Gasteiger partial charge is 0.253 e. The molecular weight excluding hydrogens is 426 g/mol. The fourth-order valence-electron chi connectivity index (χ4n) is 5.14. The van der Waals surface area contributed by atoms with E-state index in [0.29, 0.717) is 17.3 Å². The Hall–Kier alpha value is -3.10. The fourth-order valence-corrected chi connectivity index (χ4v) is 5.14. The van der Waals surface area contributed by atoms with Crippen molar-refractivity contribution < 1.29 is 4.79 Å². The van der Waals surface area contributed by atoms with Gasteiger partial charge in [-0.1, -0.05) is 12.8 Å². The molecule has 8 nitrogen and oxygen atoms in total. The Kier molecular flexibility index (Phi) is 7.26. The number of amides is 1. The molecule has 3 aromatic heterocycles. The first kappa shape index (κ1) is 22.7. The number of carbonyl (C=O) groups excluding carboxylic acids is 1. The minimum atomic E-state index is -0.0291. The lowest BCUT2D eigenvalue weighted by Crippen LogP contribution is -2.51. The van der Waals surface area contributed by atoms with Crippen LogP contribution in [0.3, 0.4) is 0 Å². The molecule has 0 radical (unpaired) electrons. The van der Waals surface area contributed by atoms with Crippen LogP contribution in [-0.4, -0.2) is 74.2 Å². The van der Waals surface area contributed by atoms with Gasteiger partial charge in [0.15, 0.2) is 5.82 Å². The summed E-state index contributed by atoms with van der Waals surface area (Å²) in [6.07, 6.45) is 13.6. The predicted octanol–water partition coefficient (Wildman–Crippen LogP) is 2.77. The molecule has 0 aromatic carbocycles. The zero-order chi connectivity index (χ0) is 23.2. The summed E-state index contributed by atoms with van der Waals surface area (Å²) in [5, 5.41) is 7.52. The maximum absolute atomic E-state index is 13.0. The lowest BCUT2D eigenvalue weighted by Gasteiger charge is -2.40. The van der Waals surface area contributed by atoms with Gasteiger partial charge in [0.2, 0.25) is 0 Å². The SMILES string of the molecule is O=C(N[C@@H]1CCCC[C@H]1CN1CCN(Cc2ccncc2)CC1)c1ccc(-n2cccn2)nc1. The summed E-state index contributed by atoms with van der Waals surface area (Å²) in [5.74, 6) is 1.18. The van der Waals surface area contributed by atoms with Crippen LogP contribution < -0.4 is 5.32 Å². The molecule has 1 N–H and O–H groups in total. The molecule has 1 saturated heterocycles. The van der Waals surface area contributed by atoms with Gasteiger partial charge in [-0.15, -0.1) is 0 Å². The van der Waals surface area contributed by atoms with Crippen LogP contribution in [0.15, 0.2) is 61.3 Å². The summed E-state index contributed by atoms with van der Waals surface area (Å²) in [6.45, 7) is 6.39. The second-order valence-electron chi connectivity index (χ2n) is 9.41. The van der Waals surface area contributed by atoms with Crippen molar-refractivity contribution in [3.63, 3.8) is 0 Å². The van der Waals surface area contributed by atoms with Crippen LogP contribution in [-0.2, 0) is 6.54 Å². The van der Waals surface area contributed by atoms with Crippen LogP contribution in [0.2, 0.25) is 0 Å². The third kappa shape index (κ3) is 5.69. The topological polar surface area (TPSA) is 79.2 Å². The second kappa shape index (κ2) is 10.9. The van der Waals surface area contributed by atoms with E-state index in [-0.39, 0.29) is 11.9 Å². The minimum Gasteiger partial charge on any atom is -0.349 e. The van der Waals surface area contributed by atoms with Crippen LogP contribution in [0.25, 0.3) is 5.82 Å². The number of hydrogen-bond donors (Lipinski definition) is 1. The van der Waals surface area contributed by atoms with Crippen molar-refractivity contribution in [2.75, 3.05) is 32.7 Å². The first-order chi connectivity index (χ1) is 16.7. The second-order valence-corrected chi connectivity index (χ2v) is 9.41. The van der Waals surface area contributed by atoms with Gasteiger partial charge in [0, 0.05) is 76.3 Å². The van der Waals surface area contributed by atoms with Crippen molar-refractivity contribution >= 4 is 5.91 Å². The molecule has 1 amide bonds. The molecule has 4 heterocycles. The fraction of sp³-hybridized carbons (Fsp3) is 0.462. The first-order valence-electron chi connectivity index (χ1n) is 12.4. The van der Waals surface area contributed by atoms with Crippen LogP contribution >= 0.6 is 0 Å². The summed E-state index contributed by atoms with van der Waals surface area (Å²) in [4.78, 5) is 26.6. The summed E-state index contributed by atoms with van der Waals surface area (Å²) in [7, 11) is 0. The number of nitrogens with one attached hydrogen (secondary N) is 1. The molecule has 2 atom stereocenters. The van der Waals surface area contributed by atoms with E-state index in [2.05, 4.69) is 42.3 Å². The summed E-state index contributed by atoms with van der Waals surface area (Å²) >= 11 is 0. The lowest BCUT2D eigenvalue weighted by molar-refractivity contribution is 0.0814. The van der Waals surface area contributed by atoms with E-state index in [4.69, 9.17) is 0 Å². The number of pyridine rings is 2. The molecule has 3 aromatic rings. The standard InChI is InChI=1S/C26H33N7O/c34-26(22-6-7-25(28-18-22)33-13-3-10-29-33)30-24-5-2-1-4-23(24)20-32-16-14-31(15-17-32)19-21-8-11-27-12-9-21/h3,6-13,18,23-24H,1-2,4-5,14-17,19-20H2,(H,30,34)/t23-,24+/m0/s1. The van der Waals surface area contributed by atoms with Gasteiger partial charge in [-0.3, -0.25) is 14.7 Å². The normalized spacial score (nSPS) is 21.9. The largest absolute Gasteiger partial charge is 0.349 e. The van der Waals surface area contributed by atoms with Gasteiger partial charge >= 0.3 is 0 Å². The maximum Gasteiger partial charge on any atom is 0.253 e.